The van der Waals surface area contributed by atoms with E-state index in [-0.39, 0.29) is 27.1 Å². The third-order valence-electron chi connectivity index (χ3n) is 4.99. The molecule has 0 aliphatic carbocycles. The van der Waals surface area contributed by atoms with Crippen molar-refractivity contribution in [2.24, 2.45) is 16.8 Å². The molecule has 2 aromatic carbocycles. The first-order chi connectivity index (χ1) is 14.2. The average Bonchev–Trinajstić information content (AvgIpc) is 3.09. The monoisotopic (exact) mass is 452 g/mol. The molecule has 3 atom stereocenters. The zero-order chi connectivity index (χ0) is 21.6. The molecule has 2 aliphatic heterocycles. The van der Waals surface area contributed by atoms with Crippen LogP contribution in [-0.2, 0) is 4.74 Å². The highest BCUT2D eigenvalue weighted by atomic mass is 35.5. The van der Waals surface area contributed by atoms with E-state index in [2.05, 4.69) is 5.10 Å². The van der Waals surface area contributed by atoms with E-state index in [9.17, 15) is 18.4 Å². The number of hydrazone groups is 1. The summed E-state index contributed by atoms with van der Waals surface area (Å²) in [4.78, 5) is 0. The van der Waals surface area contributed by atoms with Gasteiger partial charge in [0.2, 0.25) is 12.1 Å². The number of para-hydroxylation sites is 1. The summed E-state index contributed by atoms with van der Waals surface area (Å²) in [5, 5.41) is 15.0. The Morgan fingerprint density at radius 3 is 2.47 bits per heavy atom. The van der Waals surface area contributed by atoms with Crippen molar-refractivity contribution in [1.29, 1.82) is 5.26 Å². The number of nitrogens with two attached hydrogens (primary N) is 1. The van der Waals surface area contributed by atoms with E-state index in [0.29, 0.717) is 5.69 Å². The van der Waals surface area contributed by atoms with Gasteiger partial charge in [-0.3, -0.25) is 0 Å². The van der Waals surface area contributed by atoms with Crippen LogP contribution in [0.1, 0.15) is 11.5 Å². The van der Waals surface area contributed by atoms with E-state index in [0.717, 1.165) is 5.01 Å². The number of allylic oxidation sites excluding steroid dienone is 1. The number of hydrogen-bond acceptors (Lipinski definition) is 5. The molecule has 0 saturated heterocycles. The fourth-order valence-electron chi connectivity index (χ4n) is 3.76. The topological polar surface area (TPSA) is 74.6 Å². The van der Waals surface area contributed by atoms with E-state index < -0.39 is 30.0 Å². The number of anilines is 1. The van der Waals surface area contributed by atoms with Gasteiger partial charge in [0.1, 0.15) is 6.07 Å². The van der Waals surface area contributed by atoms with Crippen molar-refractivity contribution in [2.45, 2.75) is 18.3 Å². The standard InChI is InChI=1S/C20H13Cl2F3N4O/c21-10-6-7-14(22)12(8-10)15-13(9-26)18(27)30-19-16(15)17(20(23,24)25)28-29(19)11-4-2-1-3-5-11/h1-8,15-16,19H,27H2/t15-,16-,19+/m1/s1. The van der Waals surface area contributed by atoms with Gasteiger partial charge in [0, 0.05) is 16.0 Å². The van der Waals surface area contributed by atoms with Crippen LogP contribution >= 0.6 is 23.2 Å². The van der Waals surface area contributed by atoms with Crippen LogP contribution in [0.3, 0.4) is 0 Å². The molecule has 0 fully saturated rings. The molecule has 0 amide bonds. The maximum Gasteiger partial charge on any atom is 0.431 e. The van der Waals surface area contributed by atoms with Gasteiger partial charge >= 0.3 is 6.18 Å². The molecular weight excluding hydrogens is 440 g/mol. The SMILES string of the molecule is N#CC1=C(N)O[C@H]2[C@@H](C(C(F)(F)F)=NN2c2ccccc2)[C@@H]1c1cc(Cl)ccc1Cl. The summed E-state index contributed by atoms with van der Waals surface area (Å²) in [6, 6.07) is 14.5. The van der Waals surface area contributed by atoms with Crippen molar-refractivity contribution < 1.29 is 17.9 Å². The van der Waals surface area contributed by atoms with Gasteiger partial charge in [0.05, 0.1) is 17.2 Å². The van der Waals surface area contributed by atoms with Crippen LogP contribution in [0.5, 0.6) is 0 Å². The molecule has 0 unspecified atom stereocenters. The molecule has 0 aromatic heterocycles. The third-order valence-corrected chi connectivity index (χ3v) is 5.57. The quantitative estimate of drug-likeness (QED) is 0.680. The van der Waals surface area contributed by atoms with Crippen molar-refractivity contribution in [3.63, 3.8) is 0 Å². The van der Waals surface area contributed by atoms with Crippen LogP contribution in [0.25, 0.3) is 0 Å². The number of halogens is 5. The number of ether oxygens (including phenoxy) is 1. The van der Waals surface area contributed by atoms with E-state index in [1.165, 1.54) is 18.2 Å². The number of alkyl halides is 3. The Morgan fingerprint density at radius 1 is 1.13 bits per heavy atom. The molecule has 0 radical (unpaired) electrons. The molecule has 2 N–H and O–H groups in total. The third kappa shape index (κ3) is 3.34. The lowest BCUT2D eigenvalue weighted by atomic mass is 9.76. The lowest BCUT2D eigenvalue weighted by Crippen LogP contribution is -2.46. The van der Waals surface area contributed by atoms with Crippen LogP contribution in [-0.4, -0.2) is 18.1 Å². The number of nitrogens with zero attached hydrogens (tertiary/aromatic N) is 3. The molecular formula is C20H13Cl2F3N4O. The minimum atomic E-state index is -4.77. The minimum Gasteiger partial charge on any atom is -0.452 e. The van der Waals surface area contributed by atoms with Crippen molar-refractivity contribution in [1.82, 2.24) is 0 Å². The van der Waals surface area contributed by atoms with Crippen LogP contribution < -0.4 is 10.7 Å². The summed E-state index contributed by atoms with van der Waals surface area (Å²) in [6.45, 7) is 0. The molecule has 2 heterocycles. The van der Waals surface area contributed by atoms with Gasteiger partial charge in [-0.1, -0.05) is 41.4 Å². The predicted octanol–water partition coefficient (Wildman–Crippen LogP) is 5.18. The van der Waals surface area contributed by atoms with Gasteiger partial charge in [-0.2, -0.15) is 23.5 Å². The van der Waals surface area contributed by atoms with Gasteiger partial charge < -0.3 is 10.5 Å². The van der Waals surface area contributed by atoms with Crippen molar-refractivity contribution in [3.8, 4) is 6.07 Å². The fraction of sp³-hybridized carbons (Fsp3) is 0.200. The summed E-state index contributed by atoms with van der Waals surface area (Å²) in [7, 11) is 0. The van der Waals surface area contributed by atoms with Gasteiger partial charge in [-0.15, -0.1) is 0 Å². The zero-order valence-electron chi connectivity index (χ0n) is 15.1. The fourth-order valence-corrected chi connectivity index (χ4v) is 4.17. The Kier molecular flexibility index (Phi) is 5.04. The van der Waals surface area contributed by atoms with Gasteiger partial charge in [0.15, 0.2) is 5.71 Å². The van der Waals surface area contributed by atoms with Crippen LogP contribution in [0.4, 0.5) is 18.9 Å². The molecule has 0 spiro atoms. The molecule has 30 heavy (non-hydrogen) atoms. The highest BCUT2D eigenvalue weighted by Crippen LogP contribution is 2.50. The summed E-state index contributed by atoms with van der Waals surface area (Å²) >= 11 is 12.4. The van der Waals surface area contributed by atoms with Crippen molar-refractivity contribution in [3.05, 3.63) is 75.6 Å². The first kappa shape index (κ1) is 20.4. The second-order valence-corrected chi connectivity index (χ2v) is 7.57. The Balaban J connectivity index is 1.94. The second kappa shape index (κ2) is 7.42. The van der Waals surface area contributed by atoms with Gasteiger partial charge in [0.25, 0.3) is 0 Å². The van der Waals surface area contributed by atoms with Crippen LogP contribution in [0.15, 0.2) is 65.1 Å². The minimum absolute atomic E-state index is 0.158. The first-order valence-corrected chi connectivity index (χ1v) is 9.49. The smallest absolute Gasteiger partial charge is 0.431 e. The molecule has 4 rings (SSSR count). The molecule has 0 bridgehead atoms. The molecule has 2 aromatic rings. The highest BCUT2D eigenvalue weighted by molar-refractivity contribution is 6.33. The summed E-state index contributed by atoms with van der Waals surface area (Å²) < 4.78 is 47.6. The molecule has 2 aliphatic rings. The molecule has 0 saturated carbocycles. The number of hydrogen-bond donors (Lipinski definition) is 1. The Morgan fingerprint density at radius 2 is 1.83 bits per heavy atom. The molecule has 10 heteroatoms. The van der Waals surface area contributed by atoms with E-state index in [1.54, 1.807) is 30.3 Å². The van der Waals surface area contributed by atoms with Crippen molar-refractivity contribution in [2.75, 3.05) is 5.01 Å². The zero-order valence-corrected chi connectivity index (χ0v) is 16.6. The molecule has 5 nitrogen and oxygen atoms in total. The summed E-state index contributed by atoms with van der Waals surface area (Å²) in [5.41, 5.74) is 5.34. The number of fused-ring (bicyclic) bond motifs is 1. The van der Waals surface area contributed by atoms with Gasteiger partial charge in [-0.05, 0) is 35.9 Å². The first-order valence-electron chi connectivity index (χ1n) is 8.73. The van der Waals surface area contributed by atoms with Crippen LogP contribution in [0, 0.1) is 17.2 Å². The Hall–Kier alpha value is -2.89. The maximum atomic E-state index is 14.0. The van der Waals surface area contributed by atoms with E-state index >= 15 is 0 Å². The number of benzene rings is 2. The summed E-state index contributed by atoms with van der Waals surface area (Å²) in [6.07, 6.45) is -5.99. The number of rotatable bonds is 2. The lowest BCUT2D eigenvalue weighted by molar-refractivity contribution is -0.0658. The maximum absolute atomic E-state index is 14.0. The number of nitriles is 1. The molecule has 154 valence electrons. The average molecular weight is 453 g/mol. The lowest BCUT2D eigenvalue weighted by Gasteiger charge is -2.37. The normalized spacial score (nSPS) is 23.5. The predicted molar refractivity (Wildman–Crippen MR) is 107 cm³/mol. The highest BCUT2D eigenvalue weighted by Gasteiger charge is 2.58. The second-order valence-electron chi connectivity index (χ2n) is 6.73. The Labute approximate surface area is 179 Å². The van der Waals surface area contributed by atoms with E-state index in [4.69, 9.17) is 33.7 Å². The Bertz CT molecular complexity index is 1100. The van der Waals surface area contributed by atoms with Gasteiger partial charge in [-0.25, -0.2) is 5.01 Å². The van der Waals surface area contributed by atoms with E-state index in [1.807, 2.05) is 6.07 Å². The van der Waals surface area contributed by atoms with Crippen LogP contribution in [0.2, 0.25) is 10.0 Å². The van der Waals surface area contributed by atoms with Crippen molar-refractivity contribution >= 4 is 34.6 Å². The summed E-state index contributed by atoms with van der Waals surface area (Å²) in [5.74, 6) is -2.81. The largest absolute Gasteiger partial charge is 0.452 e.